The normalized spacial score (nSPS) is 16.6. The summed E-state index contributed by atoms with van der Waals surface area (Å²) in [5.74, 6) is -0.0407. The lowest BCUT2D eigenvalue weighted by atomic mass is 10.1. The number of carbonyl (C=O) groups excluding carboxylic acids is 2. The number of ether oxygens (including phenoxy) is 2. The second kappa shape index (κ2) is 10.6. The van der Waals surface area contributed by atoms with Gasteiger partial charge in [-0.2, -0.15) is 13.2 Å². The van der Waals surface area contributed by atoms with E-state index in [0.29, 0.717) is 25.6 Å². The number of amides is 1. The number of fused-ring (bicyclic) bond motifs is 1. The third-order valence-electron chi connectivity index (χ3n) is 5.91. The smallest absolute Gasteiger partial charge is 0.420 e. The molecule has 0 aliphatic carbocycles. The SMILES string of the molecule is CC(C)(C)OC(=O)N1CCC[C@H](Nc2ncc(C(F)(F)F)c(-c3cn(C(=O)OC(C)(C)C)c4ncccc34)n2)C1. The van der Waals surface area contributed by atoms with Crippen molar-refractivity contribution in [1.29, 1.82) is 0 Å². The molecule has 0 radical (unpaired) electrons. The predicted molar refractivity (Wildman–Crippen MR) is 142 cm³/mol. The first-order chi connectivity index (χ1) is 18.5. The zero-order valence-corrected chi connectivity index (χ0v) is 23.3. The van der Waals surface area contributed by atoms with Crippen LogP contribution in [0.3, 0.4) is 0 Å². The third-order valence-corrected chi connectivity index (χ3v) is 5.91. The third kappa shape index (κ3) is 6.80. The molecule has 0 saturated carbocycles. The Balaban J connectivity index is 1.70. The fourth-order valence-electron chi connectivity index (χ4n) is 4.33. The highest BCUT2D eigenvalue weighted by atomic mass is 19.4. The fourth-order valence-corrected chi connectivity index (χ4v) is 4.33. The van der Waals surface area contributed by atoms with Gasteiger partial charge >= 0.3 is 18.4 Å². The van der Waals surface area contributed by atoms with Crippen LogP contribution in [0.4, 0.5) is 28.7 Å². The molecule has 1 aliphatic heterocycles. The quantitative estimate of drug-likeness (QED) is 0.407. The van der Waals surface area contributed by atoms with E-state index in [1.807, 2.05) is 0 Å². The van der Waals surface area contributed by atoms with Crippen LogP contribution in [0, 0.1) is 0 Å². The molecular weight excluding hydrogens is 529 g/mol. The zero-order valence-electron chi connectivity index (χ0n) is 23.3. The summed E-state index contributed by atoms with van der Waals surface area (Å²) in [5, 5.41) is 3.36. The molecular formula is C27H33F3N6O4. The lowest BCUT2D eigenvalue weighted by molar-refractivity contribution is -0.137. The van der Waals surface area contributed by atoms with Gasteiger partial charge in [0.1, 0.15) is 22.4 Å². The number of anilines is 1. The number of piperidine rings is 1. The number of halogens is 3. The van der Waals surface area contributed by atoms with Crippen molar-refractivity contribution in [2.45, 2.75) is 77.8 Å². The molecule has 4 heterocycles. The zero-order chi connectivity index (χ0) is 29.5. The number of alkyl halides is 3. The second-order valence-corrected chi connectivity index (χ2v) is 11.6. The first-order valence-corrected chi connectivity index (χ1v) is 12.9. The van der Waals surface area contributed by atoms with Crippen molar-refractivity contribution in [3.05, 3.63) is 36.3 Å². The summed E-state index contributed by atoms with van der Waals surface area (Å²) in [6, 6.07) is 2.82. The Labute approximate surface area is 229 Å². The van der Waals surface area contributed by atoms with Crippen LogP contribution in [0.1, 0.15) is 59.9 Å². The van der Waals surface area contributed by atoms with Crippen LogP contribution in [0.2, 0.25) is 0 Å². The van der Waals surface area contributed by atoms with Crippen molar-refractivity contribution in [3.8, 4) is 11.3 Å². The number of nitrogens with one attached hydrogen (secondary N) is 1. The van der Waals surface area contributed by atoms with Crippen molar-refractivity contribution in [3.63, 3.8) is 0 Å². The Morgan fingerprint density at radius 2 is 1.70 bits per heavy atom. The van der Waals surface area contributed by atoms with E-state index in [4.69, 9.17) is 9.47 Å². The van der Waals surface area contributed by atoms with E-state index in [-0.39, 0.29) is 35.1 Å². The van der Waals surface area contributed by atoms with Crippen LogP contribution >= 0.6 is 0 Å². The molecule has 216 valence electrons. The van der Waals surface area contributed by atoms with Crippen LogP contribution in [0.15, 0.2) is 30.7 Å². The monoisotopic (exact) mass is 562 g/mol. The fraction of sp³-hybridized carbons (Fsp3) is 0.519. The molecule has 3 aromatic heterocycles. The van der Waals surface area contributed by atoms with E-state index in [1.54, 1.807) is 58.6 Å². The molecule has 0 unspecified atom stereocenters. The van der Waals surface area contributed by atoms with Crippen molar-refractivity contribution >= 4 is 29.2 Å². The lowest BCUT2D eigenvalue weighted by Gasteiger charge is -2.34. The molecule has 0 spiro atoms. The number of hydrogen-bond donors (Lipinski definition) is 1. The summed E-state index contributed by atoms with van der Waals surface area (Å²) in [4.78, 5) is 39.4. The van der Waals surface area contributed by atoms with E-state index in [2.05, 4.69) is 20.3 Å². The van der Waals surface area contributed by atoms with Crippen molar-refractivity contribution in [1.82, 2.24) is 24.4 Å². The standard InChI is InChI=1S/C27H33F3N6O4/c1-25(2,3)39-23(37)35-12-8-9-16(14-35)33-22-32-13-19(27(28,29)30)20(34-22)18-15-36(24(38)40-26(4,5)6)21-17(18)10-7-11-31-21/h7,10-11,13,15-16H,8-9,12,14H2,1-6H3,(H,32,33,34)/t16-/m0/s1. The Hall–Kier alpha value is -3.90. The van der Waals surface area contributed by atoms with Gasteiger partial charge in [0.25, 0.3) is 0 Å². The Morgan fingerprint density at radius 1 is 1.02 bits per heavy atom. The maximum Gasteiger partial charge on any atom is 0.420 e. The minimum Gasteiger partial charge on any atom is -0.444 e. The number of nitrogens with zero attached hydrogens (tertiary/aromatic N) is 5. The largest absolute Gasteiger partial charge is 0.444 e. The molecule has 4 rings (SSSR count). The molecule has 1 N–H and O–H groups in total. The van der Waals surface area contributed by atoms with Gasteiger partial charge in [-0.3, -0.25) is 0 Å². The van der Waals surface area contributed by atoms with E-state index >= 15 is 0 Å². The highest BCUT2D eigenvalue weighted by Gasteiger charge is 2.37. The summed E-state index contributed by atoms with van der Waals surface area (Å²) >= 11 is 0. The maximum atomic E-state index is 14.1. The lowest BCUT2D eigenvalue weighted by Crippen LogP contribution is -2.47. The van der Waals surface area contributed by atoms with Gasteiger partial charge in [-0.05, 0) is 66.5 Å². The van der Waals surface area contributed by atoms with Gasteiger partial charge in [-0.25, -0.2) is 29.1 Å². The number of pyridine rings is 1. The van der Waals surface area contributed by atoms with Crippen LogP contribution in [-0.4, -0.2) is 66.9 Å². The van der Waals surface area contributed by atoms with Gasteiger partial charge in [-0.1, -0.05) is 0 Å². The van der Waals surface area contributed by atoms with Gasteiger partial charge in [-0.15, -0.1) is 0 Å². The predicted octanol–water partition coefficient (Wildman–Crippen LogP) is 6.11. The number of hydrogen-bond acceptors (Lipinski definition) is 8. The van der Waals surface area contributed by atoms with Crippen LogP contribution < -0.4 is 5.32 Å². The maximum absolute atomic E-state index is 14.1. The van der Waals surface area contributed by atoms with Gasteiger partial charge in [0.2, 0.25) is 5.95 Å². The molecule has 13 heteroatoms. The molecule has 1 fully saturated rings. The molecule has 3 aromatic rings. The van der Waals surface area contributed by atoms with Crippen LogP contribution in [0.5, 0.6) is 0 Å². The average molecular weight is 563 g/mol. The van der Waals surface area contributed by atoms with Gasteiger partial charge < -0.3 is 19.7 Å². The summed E-state index contributed by atoms with van der Waals surface area (Å²) in [6.07, 6.45) is -1.30. The Bertz CT molecular complexity index is 1410. The van der Waals surface area contributed by atoms with Gasteiger partial charge in [0.15, 0.2) is 0 Å². The summed E-state index contributed by atoms with van der Waals surface area (Å²) < 4.78 is 54.3. The van der Waals surface area contributed by atoms with E-state index < -0.39 is 40.8 Å². The number of likely N-dealkylation sites (tertiary alicyclic amines) is 1. The van der Waals surface area contributed by atoms with E-state index in [1.165, 1.54) is 12.4 Å². The molecule has 0 bridgehead atoms. The minimum absolute atomic E-state index is 0.0407. The second-order valence-electron chi connectivity index (χ2n) is 11.6. The van der Waals surface area contributed by atoms with Crippen LogP contribution in [-0.2, 0) is 15.7 Å². The van der Waals surface area contributed by atoms with Gasteiger partial charge in [0, 0.05) is 48.7 Å². The summed E-state index contributed by atoms with van der Waals surface area (Å²) in [5.41, 5.74) is -2.79. The average Bonchev–Trinajstić information content (AvgIpc) is 3.21. The van der Waals surface area contributed by atoms with E-state index in [0.717, 1.165) is 4.57 Å². The molecule has 0 aromatic carbocycles. The Morgan fingerprint density at radius 3 is 2.35 bits per heavy atom. The minimum atomic E-state index is -4.77. The molecule has 1 amide bonds. The number of aromatic nitrogens is 4. The molecule has 10 nitrogen and oxygen atoms in total. The highest BCUT2D eigenvalue weighted by Crippen LogP contribution is 2.39. The molecule has 1 saturated heterocycles. The van der Waals surface area contributed by atoms with Crippen molar-refractivity contribution in [2.24, 2.45) is 0 Å². The highest BCUT2D eigenvalue weighted by molar-refractivity contribution is 5.98. The van der Waals surface area contributed by atoms with Crippen molar-refractivity contribution in [2.75, 3.05) is 18.4 Å². The molecule has 1 atom stereocenters. The Kier molecular flexibility index (Phi) is 7.70. The first kappa shape index (κ1) is 29.1. The number of carbonyl (C=O) groups is 2. The summed E-state index contributed by atoms with van der Waals surface area (Å²) in [6.45, 7) is 11.2. The molecule has 40 heavy (non-hydrogen) atoms. The molecule has 1 aliphatic rings. The number of rotatable bonds is 3. The van der Waals surface area contributed by atoms with E-state index in [9.17, 15) is 22.8 Å². The first-order valence-electron chi connectivity index (χ1n) is 12.9. The summed E-state index contributed by atoms with van der Waals surface area (Å²) in [7, 11) is 0. The van der Waals surface area contributed by atoms with Crippen molar-refractivity contribution < 1.29 is 32.2 Å². The van der Waals surface area contributed by atoms with Gasteiger partial charge in [0.05, 0.1) is 5.69 Å². The topological polar surface area (TPSA) is 111 Å². The van der Waals surface area contributed by atoms with Crippen LogP contribution in [0.25, 0.3) is 22.3 Å².